The van der Waals surface area contributed by atoms with Crippen LogP contribution >= 0.6 is 12.2 Å². The fourth-order valence-electron chi connectivity index (χ4n) is 8.28. The Labute approximate surface area is 339 Å². The minimum absolute atomic E-state index is 0.0529. The minimum atomic E-state index is -4.84. The van der Waals surface area contributed by atoms with E-state index in [1.54, 1.807) is 4.90 Å². The smallest absolute Gasteiger partial charge is 0.419 e. The van der Waals surface area contributed by atoms with E-state index < -0.39 is 28.9 Å². The van der Waals surface area contributed by atoms with Gasteiger partial charge in [0, 0.05) is 57.2 Å². The van der Waals surface area contributed by atoms with Crippen LogP contribution in [0.25, 0.3) is 0 Å². The van der Waals surface area contributed by atoms with Crippen LogP contribution in [0.1, 0.15) is 67.0 Å². The van der Waals surface area contributed by atoms with Crippen molar-refractivity contribution in [3.05, 3.63) is 82.7 Å². The van der Waals surface area contributed by atoms with E-state index in [0.717, 1.165) is 66.5 Å². The molecule has 3 aliphatic heterocycles. The molecule has 1 aromatic heterocycles. The summed E-state index contributed by atoms with van der Waals surface area (Å²) in [6.07, 6.45) is 0.320. The molecule has 16 heteroatoms. The first kappa shape index (κ1) is 40.9. The van der Waals surface area contributed by atoms with E-state index in [1.807, 2.05) is 49.4 Å². The van der Waals surface area contributed by atoms with Crippen molar-refractivity contribution in [1.82, 2.24) is 20.1 Å². The van der Waals surface area contributed by atoms with Gasteiger partial charge in [-0.1, -0.05) is 31.2 Å². The molecule has 0 radical (unpaired) electrons. The fraction of sp³-hybridized carbons (Fsp3) is 0.452. The van der Waals surface area contributed by atoms with Gasteiger partial charge in [0.15, 0.2) is 16.6 Å². The molecular formula is C42H44F3N7O5S. The number of ketones is 1. The number of nitrogens with one attached hydrogen (secondary N) is 1. The summed E-state index contributed by atoms with van der Waals surface area (Å²) in [6.45, 7) is 6.55. The van der Waals surface area contributed by atoms with Gasteiger partial charge in [0.05, 0.1) is 24.0 Å². The summed E-state index contributed by atoms with van der Waals surface area (Å²) in [5.41, 5.74) is 0.273. The lowest BCUT2D eigenvalue weighted by Gasteiger charge is -2.43. The highest BCUT2D eigenvalue weighted by Crippen LogP contribution is 2.48. The van der Waals surface area contributed by atoms with Crippen LogP contribution in [-0.2, 0) is 44.6 Å². The van der Waals surface area contributed by atoms with Gasteiger partial charge in [-0.3, -0.25) is 39.2 Å². The molecule has 1 N–H and O–H groups in total. The van der Waals surface area contributed by atoms with Crippen molar-refractivity contribution in [2.24, 2.45) is 5.92 Å². The molecule has 2 aromatic carbocycles. The summed E-state index contributed by atoms with van der Waals surface area (Å²) in [5.74, 6) is -0.307. The van der Waals surface area contributed by atoms with Crippen molar-refractivity contribution >= 4 is 52.2 Å². The van der Waals surface area contributed by atoms with Crippen LogP contribution in [0.15, 0.2) is 54.7 Å². The highest BCUT2D eigenvalue weighted by molar-refractivity contribution is 7.81. The number of piperazine rings is 1. The first-order valence-corrected chi connectivity index (χ1v) is 20.0. The van der Waals surface area contributed by atoms with Crippen molar-refractivity contribution in [2.45, 2.75) is 70.0 Å². The van der Waals surface area contributed by atoms with Gasteiger partial charge in [-0.05, 0) is 91.7 Å². The number of thiocarbonyl (C=S) groups is 1. The van der Waals surface area contributed by atoms with Gasteiger partial charge in [0.25, 0.3) is 5.91 Å². The van der Waals surface area contributed by atoms with Crippen LogP contribution in [0.2, 0.25) is 0 Å². The number of hydrogen-bond donors (Lipinski definition) is 1. The average molecular weight is 816 g/mol. The third kappa shape index (κ3) is 8.48. The van der Waals surface area contributed by atoms with Gasteiger partial charge in [-0.15, -0.1) is 0 Å². The number of carbonyl (C=O) groups excluding carboxylic acids is 4. The van der Waals surface area contributed by atoms with Gasteiger partial charge in [0.1, 0.15) is 24.0 Å². The van der Waals surface area contributed by atoms with E-state index in [-0.39, 0.29) is 34.3 Å². The Morgan fingerprint density at radius 3 is 2.45 bits per heavy atom. The Kier molecular flexibility index (Phi) is 11.9. The molecule has 12 nitrogen and oxygen atoms in total. The van der Waals surface area contributed by atoms with Crippen molar-refractivity contribution < 1.29 is 37.1 Å². The van der Waals surface area contributed by atoms with Gasteiger partial charge in [-0.25, -0.2) is 4.98 Å². The molecule has 3 saturated heterocycles. The van der Waals surface area contributed by atoms with E-state index in [0.29, 0.717) is 76.1 Å². The molecular weight excluding hydrogens is 772 g/mol. The van der Waals surface area contributed by atoms with Crippen molar-refractivity contribution in [2.75, 3.05) is 55.7 Å². The van der Waals surface area contributed by atoms with E-state index >= 15 is 0 Å². The SMILES string of the molecule is CCc1cc(N2C(=S)N(c3cnc(C#N)c(C(F)(F)F)c3)C(=O)C23CCC3)ccc1OCCN1CCN(CC(=O)Cc2cccc(CC3CCC(=O)NC3=O)c2)CC1. The van der Waals surface area contributed by atoms with Crippen molar-refractivity contribution in [3.63, 3.8) is 0 Å². The number of imide groups is 1. The number of halogens is 3. The van der Waals surface area contributed by atoms with Crippen LogP contribution in [0.5, 0.6) is 5.75 Å². The zero-order valence-corrected chi connectivity index (χ0v) is 33.0. The number of pyridine rings is 1. The molecule has 0 bridgehead atoms. The summed E-state index contributed by atoms with van der Waals surface area (Å²) in [7, 11) is 0. The molecule has 58 heavy (non-hydrogen) atoms. The second kappa shape index (κ2) is 16.9. The van der Waals surface area contributed by atoms with Crippen LogP contribution in [-0.4, -0.2) is 94.8 Å². The number of Topliss-reactive ketones (excluding diaryl/α,β-unsaturated/α-hetero) is 1. The Bertz CT molecular complexity index is 2160. The first-order chi connectivity index (χ1) is 27.8. The number of nitriles is 1. The minimum Gasteiger partial charge on any atom is -0.492 e. The van der Waals surface area contributed by atoms with Crippen molar-refractivity contribution in [1.29, 1.82) is 5.26 Å². The number of carbonyl (C=O) groups is 4. The van der Waals surface area contributed by atoms with Gasteiger partial charge < -0.3 is 9.64 Å². The molecule has 3 amide bonds. The normalized spacial score (nSPS) is 19.9. The van der Waals surface area contributed by atoms with Crippen LogP contribution in [0.4, 0.5) is 24.5 Å². The Morgan fingerprint density at radius 2 is 1.78 bits per heavy atom. The van der Waals surface area contributed by atoms with Crippen LogP contribution in [0, 0.1) is 17.2 Å². The first-order valence-electron chi connectivity index (χ1n) is 19.6. The number of alkyl halides is 3. The Balaban J connectivity index is 0.910. The number of amides is 3. The predicted octanol–water partition coefficient (Wildman–Crippen LogP) is 5.00. The number of anilines is 2. The monoisotopic (exact) mass is 815 g/mol. The molecule has 1 saturated carbocycles. The third-order valence-electron chi connectivity index (χ3n) is 11.6. The largest absolute Gasteiger partial charge is 0.492 e. The van der Waals surface area contributed by atoms with E-state index in [2.05, 4.69) is 20.1 Å². The quantitative estimate of drug-likeness (QED) is 0.184. The highest BCUT2D eigenvalue weighted by atomic mass is 32.1. The topological polar surface area (TPSA) is 139 Å². The number of hydrogen-bond acceptors (Lipinski definition) is 10. The fourth-order valence-corrected chi connectivity index (χ4v) is 8.75. The number of aryl methyl sites for hydroxylation is 1. The summed E-state index contributed by atoms with van der Waals surface area (Å²) in [6, 6.07) is 15.6. The molecule has 304 valence electrons. The second-order valence-corrected chi connectivity index (χ2v) is 15.7. The zero-order valence-electron chi connectivity index (χ0n) is 32.1. The molecule has 4 aliphatic rings. The maximum Gasteiger partial charge on any atom is 0.419 e. The highest BCUT2D eigenvalue weighted by Gasteiger charge is 2.60. The van der Waals surface area contributed by atoms with Gasteiger partial charge in [0.2, 0.25) is 11.8 Å². The lowest BCUT2D eigenvalue weighted by molar-refractivity contribution is -0.138. The van der Waals surface area contributed by atoms with E-state index in [9.17, 15) is 37.6 Å². The Hall–Kier alpha value is -5.24. The number of ether oxygens (including phenoxy) is 1. The maximum absolute atomic E-state index is 13.9. The number of nitrogens with zero attached hydrogens (tertiary/aromatic N) is 6. The molecule has 3 aromatic rings. The maximum atomic E-state index is 13.9. The standard InChI is InChI=1S/C42H44F3N7O5S/c1-2-29-22-31(52-40(58)51(39(56)41(52)11-4-12-41)32-23-34(42(43,44)45)35(24-46)47-25-32)8-9-36(29)57-18-17-49-13-15-50(16-14-49)26-33(53)21-28-6-3-5-27(19-28)20-30-7-10-37(54)48-38(30)55/h3,5-6,8-9,19,22-23,25,30H,2,4,7,10-18,20-21,26H2,1H3,(H,48,54,55). The van der Waals surface area contributed by atoms with Crippen LogP contribution < -0.4 is 19.9 Å². The summed E-state index contributed by atoms with van der Waals surface area (Å²) in [5, 5.41) is 11.7. The van der Waals surface area contributed by atoms with E-state index in [4.69, 9.17) is 17.0 Å². The molecule has 4 heterocycles. The second-order valence-electron chi connectivity index (χ2n) is 15.3. The van der Waals surface area contributed by atoms with Crippen molar-refractivity contribution in [3.8, 4) is 11.8 Å². The lowest BCUT2D eigenvalue weighted by atomic mass is 9.75. The molecule has 1 aliphatic carbocycles. The molecule has 1 spiro atoms. The van der Waals surface area contributed by atoms with Gasteiger partial charge in [-0.2, -0.15) is 18.4 Å². The number of benzene rings is 2. The third-order valence-corrected chi connectivity index (χ3v) is 11.9. The summed E-state index contributed by atoms with van der Waals surface area (Å²) in [4.78, 5) is 61.7. The van der Waals surface area contributed by atoms with Gasteiger partial charge >= 0.3 is 6.18 Å². The predicted molar refractivity (Wildman–Crippen MR) is 212 cm³/mol. The van der Waals surface area contributed by atoms with E-state index in [1.165, 1.54) is 6.07 Å². The number of aromatic nitrogens is 1. The number of piperidine rings is 1. The summed E-state index contributed by atoms with van der Waals surface area (Å²) >= 11 is 5.78. The average Bonchev–Trinajstić information content (AvgIpc) is 3.42. The molecule has 1 atom stereocenters. The lowest BCUT2D eigenvalue weighted by Crippen LogP contribution is -2.55. The summed E-state index contributed by atoms with van der Waals surface area (Å²) < 4.78 is 47.6. The number of rotatable bonds is 13. The van der Waals surface area contributed by atoms with Crippen LogP contribution in [0.3, 0.4) is 0 Å². The molecule has 4 fully saturated rings. The Morgan fingerprint density at radius 1 is 1.03 bits per heavy atom. The molecule has 1 unspecified atom stereocenters. The zero-order chi connectivity index (χ0) is 41.2. The molecule has 7 rings (SSSR count).